The Bertz CT molecular complexity index is 1330. The summed E-state index contributed by atoms with van der Waals surface area (Å²) in [5.41, 5.74) is 5.88. The van der Waals surface area contributed by atoms with Crippen molar-refractivity contribution in [1.82, 2.24) is 9.97 Å². The third kappa shape index (κ3) is 6.49. The van der Waals surface area contributed by atoms with Crippen LogP contribution in [-0.2, 0) is 15.9 Å². The van der Waals surface area contributed by atoms with E-state index in [1.807, 2.05) is 13.8 Å². The van der Waals surface area contributed by atoms with E-state index < -0.39 is 58.8 Å². The molecule has 3 N–H and O–H groups in total. The van der Waals surface area contributed by atoms with Crippen LogP contribution in [0.5, 0.6) is 5.75 Å². The third-order valence-corrected chi connectivity index (χ3v) is 6.82. The first-order valence-corrected chi connectivity index (χ1v) is 12.9. The van der Waals surface area contributed by atoms with Gasteiger partial charge in [0, 0.05) is 44.1 Å². The Morgan fingerprint density at radius 1 is 1.15 bits per heavy atom. The zero-order valence-corrected chi connectivity index (χ0v) is 22.4. The fourth-order valence-electron chi connectivity index (χ4n) is 4.75. The van der Waals surface area contributed by atoms with Crippen LogP contribution in [0.1, 0.15) is 48.0 Å². The Labute approximate surface area is 230 Å². The number of pyridine rings is 2. The van der Waals surface area contributed by atoms with Crippen molar-refractivity contribution in [3.8, 4) is 17.0 Å². The Balaban J connectivity index is 1.59. The second kappa shape index (κ2) is 12.9. The number of aromatic nitrogens is 2. The smallest absolute Gasteiger partial charge is 0.185 e. The Morgan fingerprint density at radius 2 is 1.88 bits per heavy atom. The molecule has 8 nitrogen and oxygen atoms in total. The van der Waals surface area contributed by atoms with E-state index in [9.17, 15) is 23.1 Å². The fourth-order valence-corrected chi connectivity index (χ4v) is 4.75. The van der Waals surface area contributed by atoms with Gasteiger partial charge >= 0.3 is 0 Å². The number of hydrogen-bond acceptors (Lipinski definition) is 8. The van der Waals surface area contributed by atoms with Gasteiger partial charge in [-0.1, -0.05) is 13.8 Å². The molecule has 0 radical (unpaired) electrons. The number of halogens is 3. The molecule has 3 aromatic rings. The zero-order valence-electron chi connectivity index (χ0n) is 22.4. The van der Waals surface area contributed by atoms with Gasteiger partial charge in [0.05, 0.1) is 30.5 Å². The molecule has 1 saturated heterocycles. The largest absolute Gasteiger partial charge is 0.491 e. The number of aliphatic hydroxyl groups excluding tert-OH is 1. The maximum atomic E-state index is 14.9. The number of hydrogen-bond donors (Lipinski definition) is 2. The van der Waals surface area contributed by atoms with Crippen LogP contribution in [-0.4, -0.2) is 59.4 Å². The number of ether oxygens (including phenoxy) is 3. The van der Waals surface area contributed by atoms with Crippen LogP contribution in [0.4, 0.5) is 13.2 Å². The van der Waals surface area contributed by atoms with E-state index in [-0.39, 0.29) is 37.0 Å². The fraction of sp³-hybridized carbons (Fsp3) is 0.414. The van der Waals surface area contributed by atoms with Gasteiger partial charge in [-0.15, -0.1) is 0 Å². The highest BCUT2D eigenvalue weighted by Crippen LogP contribution is 2.36. The minimum Gasteiger partial charge on any atom is -0.491 e. The number of carbonyl (C=O) groups excluding carboxylic acids is 1. The van der Waals surface area contributed by atoms with Gasteiger partial charge in [-0.25, -0.2) is 18.2 Å². The topological polar surface area (TPSA) is 117 Å². The maximum absolute atomic E-state index is 14.9. The Hall–Kier alpha value is -3.38. The lowest BCUT2D eigenvalue weighted by molar-refractivity contribution is -0.145. The first-order valence-electron chi connectivity index (χ1n) is 12.9. The van der Waals surface area contributed by atoms with Crippen LogP contribution < -0.4 is 10.5 Å². The van der Waals surface area contributed by atoms with Crippen molar-refractivity contribution in [2.24, 2.45) is 11.7 Å². The second-order valence-electron chi connectivity index (χ2n) is 10.0. The molecule has 1 aromatic carbocycles. The highest BCUT2D eigenvalue weighted by Gasteiger charge is 2.38. The van der Waals surface area contributed by atoms with Crippen LogP contribution in [0, 0.1) is 23.4 Å². The predicted octanol–water partition coefficient (Wildman–Crippen LogP) is 4.19. The highest BCUT2D eigenvalue weighted by atomic mass is 19.1. The SMILES string of the molecule is COCCOc1cc(F)c(-c2nc(C(=O)Cc3cnccc3[C@H]3C[C@@H](N)[C@H](O)[C@@H](C(C)C)O3)ccc2F)c(F)c1. The molecular formula is C29H32F3N3O5. The van der Waals surface area contributed by atoms with Gasteiger partial charge in [-0.05, 0) is 41.7 Å². The summed E-state index contributed by atoms with van der Waals surface area (Å²) in [6.07, 6.45) is 1.44. The van der Waals surface area contributed by atoms with Gasteiger partial charge in [0.2, 0.25) is 0 Å². The molecule has 1 fully saturated rings. The molecule has 0 saturated carbocycles. The van der Waals surface area contributed by atoms with Crippen molar-refractivity contribution in [1.29, 1.82) is 0 Å². The van der Waals surface area contributed by atoms with Crippen LogP contribution in [0.25, 0.3) is 11.3 Å². The molecule has 0 bridgehead atoms. The molecule has 2 aromatic heterocycles. The summed E-state index contributed by atoms with van der Waals surface area (Å²) < 4.78 is 60.7. The lowest BCUT2D eigenvalue weighted by Crippen LogP contribution is -2.52. The predicted molar refractivity (Wildman–Crippen MR) is 140 cm³/mol. The van der Waals surface area contributed by atoms with E-state index in [1.54, 1.807) is 12.3 Å². The summed E-state index contributed by atoms with van der Waals surface area (Å²) in [4.78, 5) is 21.4. The molecule has 0 amide bonds. The average Bonchev–Trinajstić information content (AvgIpc) is 2.91. The third-order valence-electron chi connectivity index (χ3n) is 6.82. The lowest BCUT2D eigenvalue weighted by atomic mass is 9.86. The molecule has 40 heavy (non-hydrogen) atoms. The van der Waals surface area contributed by atoms with Crippen molar-refractivity contribution in [3.63, 3.8) is 0 Å². The number of Topliss-reactive ketones (excluding diaryl/α,β-unsaturated/α-hetero) is 1. The van der Waals surface area contributed by atoms with Gasteiger partial charge in [0.25, 0.3) is 0 Å². The van der Waals surface area contributed by atoms with Gasteiger partial charge in [0.15, 0.2) is 5.78 Å². The molecule has 4 atom stereocenters. The number of carbonyl (C=O) groups is 1. The molecule has 3 heterocycles. The van der Waals surface area contributed by atoms with E-state index in [1.165, 1.54) is 13.3 Å². The van der Waals surface area contributed by atoms with Gasteiger partial charge < -0.3 is 25.1 Å². The Morgan fingerprint density at radius 3 is 2.55 bits per heavy atom. The van der Waals surface area contributed by atoms with Crippen molar-refractivity contribution < 1.29 is 37.3 Å². The zero-order chi connectivity index (χ0) is 29.0. The molecule has 4 rings (SSSR count). The molecule has 1 aliphatic rings. The molecule has 0 unspecified atom stereocenters. The molecule has 0 spiro atoms. The van der Waals surface area contributed by atoms with Crippen molar-refractivity contribution in [2.45, 2.75) is 51.0 Å². The number of methoxy groups -OCH3 is 1. The molecule has 214 valence electrons. The molecule has 1 aliphatic heterocycles. The molecule has 11 heteroatoms. The van der Waals surface area contributed by atoms with Crippen molar-refractivity contribution in [3.05, 3.63) is 77.0 Å². The number of aliphatic hydroxyl groups is 1. The van der Waals surface area contributed by atoms with Crippen LogP contribution in [0.15, 0.2) is 42.7 Å². The minimum atomic E-state index is -1.09. The summed E-state index contributed by atoms with van der Waals surface area (Å²) >= 11 is 0. The summed E-state index contributed by atoms with van der Waals surface area (Å²) in [6, 6.07) is 5.14. The van der Waals surface area contributed by atoms with E-state index in [4.69, 9.17) is 19.9 Å². The average molecular weight is 560 g/mol. The van der Waals surface area contributed by atoms with Crippen LogP contribution in [0.2, 0.25) is 0 Å². The maximum Gasteiger partial charge on any atom is 0.185 e. The number of nitrogens with zero attached hydrogens (tertiary/aromatic N) is 2. The summed E-state index contributed by atoms with van der Waals surface area (Å²) in [5, 5.41) is 10.5. The summed E-state index contributed by atoms with van der Waals surface area (Å²) in [7, 11) is 1.46. The van der Waals surface area contributed by atoms with E-state index >= 15 is 0 Å². The van der Waals surface area contributed by atoms with Crippen LogP contribution in [0.3, 0.4) is 0 Å². The number of benzene rings is 1. The summed E-state index contributed by atoms with van der Waals surface area (Å²) in [6.45, 7) is 4.12. The number of ketones is 1. The molecular weight excluding hydrogens is 527 g/mol. The number of nitrogens with two attached hydrogens (primary N) is 1. The molecule has 0 aliphatic carbocycles. The monoisotopic (exact) mass is 559 g/mol. The van der Waals surface area contributed by atoms with Gasteiger partial charge in [-0.3, -0.25) is 9.78 Å². The van der Waals surface area contributed by atoms with Gasteiger partial charge in [0.1, 0.15) is 41.2 Å². The van der Waals surface area contributed by atoms with Gasteiger partial charge in [-0.2, -0.15) is 0 Å². The quantitative estimate of drug-likeness (QED) is 0.281. The highest BCUT2D eigenvalue weighted by molar-refractivity contribution is 5.96. The van der Waals surface area contributed by atoms with Crippen molar-refractivity contribution in [2.75, 3.05) is 20.3 Å². The first-order chi connectivity index (χ1) is 19.1. The number of rotatable bonds is 10. The second-order valence-corrected chi connectivity index (χ2v) is 10.0. The van der Waals surface area contributed by atoms with Crippen molar-refractivity contribution >= 4 is 5.78 Å². The van der Waals surface area contributed by atoms with E-state index in [0.717, 1.165) is 24.3 Å². The Kier molecular flexibility index (Phi) is 9.52. The standard InChI is InChI=1S/C29H32F3N3O5/c1-15(2)29-28(37)22(33)13-25(40-29)18-6-7-34-14-16(18)10-24(36)23-5-4-19(30)27(35-23)26-20(31)11-17(12-21(26)32)39-9-8-38-3/h4-7,11-12,14-15,22,25,28-29,37H,8-10,13,33H2,1-3H3/t22-,25-,28+,29-/m1/s1. The van der Waals surface area contributed by atoms with Crippen LogP contribution >= 0.6 is 0 Å². The lowest BCUT2D eigenvalue weighted by Gasteiger charge is -2.40. The minimum absolute atomic E-state index is 0.00406. The summed E-state index contributed by atoms with van der Waals surface area (Å²) in [5.74, 6) is -3.78. The first kappa shape index (κ1) is 29.6. The van der Waals surface area contributed by atoms with E-state index in [0.29, 0.717) is 17.5 Å². The normalized spacial score (nSPS) is 21.0. The van der Waals surface area contributed by atoms with E-state index in [2.05, 4.69) is 9.97 Å².